The lowest BCUT2D eigenvalue weighted by atomic mass is 10.2. The van der Waals surface area contributed by atoms with Crippen LogP contribution in [-0.4, -0.2) is 42.2 Å². The van der Waals surface area contributed by atoms with Crippen molar-refractivity contribution in [2.45, 2.75) is 30.9 Å². The second-order valence-electron chi connectivity index (χ2n) is 5.95. The molecule has 0 radical (unpaired) electrons. The third kappa shape index (κ3) is 6.05. The van der Waals surface area contributed by atoms with E-state index in [1.165, 1.54) is 17.7 Å². The highest BCUT2D eigenvalue weighted by Gasteiger charge is 2.19. The van der Waals surface area contributed by atoms with Crippen LogP contribution >= 0.6 is 0 Å². The monoisotopic (exact) mass is 349 g/mol. The molecule has 1 aliphatic heterocycles. The summed E-state index contributed by atoms with van der Waals surface area (Å²) in [5.41, 5.74) is 2.29. The van der Waals surface area contributed by atoms with Gasteiger partial charge in [-0.2, -0.15) is 8.42 Å². The van der Waals surface area contributed by atoms with E-state index in [1.807, 2.05) is 13.0 Å². The van der Waals surface area contributed by atoms with Crippen molar-refractivity contribution in [3.05, 3.63) is 65.7 Å². The van der Waals surface area contributed by atoms with E-state index in [-0.39, 0.29) is 11.0 Å². The number of aliphatic hydroxyl groups excluding tert-OH is 1. The number of β-amino-alcohol motifs (C(OH)–C–C–N with tert-alkyl or cyclic N) is 1. The fourth-order valence-corrected chi connectivity index (χ4v) is 2.99. The molecule has 2 N–H and O–H groups in total. The summed E-state index contributed by atoms with van der Waals surface area (Å²) in [5.74, 6) is 0. The Kier molecular flexibility index (Phi) is 6.51. The minimum absolute atomic E-state index is 0.0666. The zero-order chi connectivity index (χ0) is 17.6. The van der Waals surface area contributed by atoms with Crippen molar-refractivity contribution in [1.29, 1.82) is 0 Å². The maximum Gasteiger partial charge on any atom is 0.294 e. The molecule has 2 aromatic rings. The van der Waals surface area contributed by atoms with Gasteiger partial charge in [0.2, 0.25) is 0 Å². The zero-order valence-electron chi connectivity index (χ0n) is 13.7. The van der Waals surface area contributed by atoms with E-state index in [0.29, 0.717) is 0 Å². The molecule has 24 heavy (non-hydrogen) atoms. The number of aliphatic hydroxyl groups is 1. The van der Waals surface area contributed by atoms with Gasteiger partial charge in [-0.15, -0.1) is 0 Å². The maximum absolute atomic E-state index is 10.5. The molecule has 1 heterocycles. The first-order valence-electron chi connectivity index (χ1n) is 7.83. The Bertz CT molecular complexity index is 729. The number of nitrogens with zero attached hydrogens (tertiary/aromatic N) is 1. The number of benzene rings is 2. The van der Waals surface area contributed by atoms with Gasteiger partial charge in [0.1, 0.15) is 0 Å². The quantitative estimate of drug-likeness (QED) is 0.833. The van der Waals surface area contributed by atoms with Crippen LogP contribution in [0.5, 0.6) is 0 Å². The number of aryl methyl sites for hydroxylation is 1. The van der Waals surface area contributed by atoms with Gasteiger partial charge in [0.05, 0.1) is 11.0 Å². The Balaban J connectivity index is 0.000000177. The van der Waals surface area contributed by atoms with Gasteiger partial charge in [0, 0.05) is 19.6 Å². The second-order valence-corrected chi connectivity index (χ2v) is 7.37. The largest absolute Gasteiger partial charge is 0.392 e. The summed E-state index contributed by atoms with van der Waals surface area (Å²) < 4.78 is 29.6. The minimum atomic E-state index is -4.02. The van der Waals surface area contributed by atoms with Crippen LogP contribution in [0.4, 0.5) is 0 Å². The summed E-state index contributed by atoms with van der Waals surface area (Å²) in [6.45, 7) is 4.66. The van der Waals surface area contributed by atoms with Crippen molar-refractivity contribution in [3.63, 3.8) is 0 Å². The maximum atomic E-state index is 10.5. The molecule has 130 valence electrons. The third-order valence-electron chi connectivity index (χ3n) is 3.82. The third-order valence-corrected chi connectivity index (χ3v) is 4.68. The molecule has 0 bridgehead atoms. The molecule has 5 nitrogen and oxygen atoms in total. The SMILES string of the molecule is Cc1ccc(S(=O)(=O)O)cc1.O[C@@H]1CCN(Cc2ccccc2)C1. The molecule has 3 rings (SSSR count). The van der Waals surface area contributed by atoms with Gasteiger partial charge < -0.3 is 5.11 Å². The molecule has 0 aromatic heterocycles. The first-order valence-corrected chi connectivity index (χ1v) is 9.27. The van der Waals surface area contributed by atoms with E-state index in [9.17, 15) is 13.5 Å². The van der Waals surface area contributed by atoms with Crippen LogP contribution in [0.2, 0.25) is 0 Å². The van der Waals surface area contributed by atoms with Gasteiger partial charge in [-0.25, -0.2) is 0 Å². The van der Waals surface area contributed by atoms with Crippen LogP contribution in [0.1, 0.15) is 17.5 Å². The number of rotatable bonds is 3. The number of hydrogen-bond acceptors (Lipinski definition) is 4. The highest BCUT2D eigenvalue weighted by Crippen LogP contribution is 2.12. The van der Waals surface area contributed by atoms with E-state index < -0.39 is 10.1 Å². The highest BCUT2D eigenvalue weighted by atomic mass is 32.2. The summed E-state index contributed by atoms with van der Waals surface area (Å²) in [6, 6.07) is 16.4. The predicted octanol–water partition coefficient (Wildman–Crippen LogP) is 2.49. The predicted molar refractivity (Wildman–Crippen MR) is 93.3 cm³/mol. The summed E-state index contributed by atoms with van der Waals surface area (Å²) >= 11 is 0. The average molecular weight is 349 g/mol. The fraction of sp³-hybridized carbons (Fsp3) is 0.333. The molecule has 1 fully saturated rings. The van der Waals surface area contributed by atoms with E-state index >= 15 is 0 Å². The zero-order valence-corrected chi connectivity index (χ0v) is 14.5. The second kappa shape index (κ2) is 8.39. The van der Waals surface area contributed by atoms with Gasteiger partial charge in [-0.3, -0.25) is 9.45 Å². The van der Waals surface area contributed by atoms with Crippen LogP contribution in [0.15, 0.2) is 59.5 Å². The van der Waals surface area contributed by atoms with Crippen LogP contribution in [0.3, 0.4) is 0 Å². The molecule has 1 saturated heterocycles. The topological polar surface area (TPSA) is 77.8 Å². The van der Waals surface area contributed by atoms with Crippen LogP contribution in [-0.2, 0) is 16.7 Å². The minimum Gasteiger partial charge on any atom is -0.392 e. The van der Waals surface area contributed by atoms with Gasteiger partial charge >= 0.3 is 0 Å². The Hall–Kier alpha value is -1.73. The Morgan fingerprint density at radius 3 is 2.21 bits per heavy atom. The molecule has 0 spiro atoms. The highest BCUT2D eigenvalue weighted by molar-refractivity contribution is 7.85. The fourth-order valence-electron chi connectivity index (χ4n) is 2.51. The number of likely N-dealkylation sites (tertiary alicyclic amines) is 1. The van der Waals surface area contributed by atoms with Gasteiger partial charge in [-0.1, -0.05) is 48.0 Å². The first kappa shape index (κ1) is 18.6. The van der Waals surface area contributed by atoms with Crippen LogP contribution in [0, 0.1) is 6.92 Å². The van der Waals surface area contributed by atoms with Crippen molar-refractivity contribution in [2.24, 2.45) is 0 Å². The Morgan fingerprint density at radius 2 is 1.71 bits per heavy atom. The molecule has 0 unspecified atom stereocenters. The van der Waals surface area contributed by atoms with E-state index in [4.69, 9.17) is 4.55 Å². The average Bonchev–Trinajstić information content (AvgIpc) is 2.93. The molecule has 1 atom stereocenters. The van der Waals surface area contributed by atoms with Crippen molar-refractivity contribution in [1.82, 2.24) is 4.90 Å². The molecule has 0 amide bonds. The lowest BCUT2D eigenvalue weighted by Crippen LogP contribution is -2.21. The molecule has 2 aromatic carbocycles. The summed E-state index contributed by atoms with van der Waals surface area (Å²) in [5, 5.41) is 9.34. The normalized spacial score (nSPS) is 18.0. The standard InChI is InChI=1S/C11H15NO.C7H8O3S/c13-11-6-7-12(9-11)8-10-4-2-1-3-5-10;1-6-2-4-7(5-3-6)11(8,9)10/h1-5,11,13H,6-9H2;2-5H,1H3,(H,8,9,10)/t11-;/m1./s1. The Morgan fingerprint density at radius 1 is 1.08 bits per heavy atom. The van der Waals surface area contributed by atoms with Crippen molar-refractivity contribution in [2.75, 3.05) is 13.1 Å². The number of hydrogen-bond donors (Lipinski definition) is 2. The molecule has 1 aliphatic rings. The summed E-state index contributed by atoms with van der Waals surface area (Å²) in [7, 11) is -4.02. The van der Waals surface area contributed by atoms with E-state index in [0.717, 1.165) is 31.6 Å². The molecule has 0 aliphatic carbocycles. The van der Waals surface area contributed by atoms with Gasteiger partial charge in [-0.05, 0) is 31.0 Å². The smallest absolute Gasteiger partial charge is 0.294 e. The van der Waals surface area contributed by atoms with Crippen LogP contribution in [0.25, 0.3) is 0 Å². The van der Waals surface area contributed by atoms with E-state index in [2.05, 4.69) is 29.2 Å². The van der Waals surface area contributed by atoms with Crippen LogP contribution < -0.4 is 0 Å². The molecule has 6 heteroatoms. The summed E-state index contributed by atoms with van der Waals surface area (Å²) in [4.78, 5) is 2.23. The lowest BCUT2D eigenvalue weighted by molar-refractivity contribution is 0.175. The first-order chi connectivity index (χ1) is 11.3. The Labute approximate surface area is 143 Å². The van der Waals surface area contributed by atoms with Gasteiger partial charge in [0.25, 0.3) is 10.1 Å². The summed E-state index contributed by atoms with van der Waals surface area (Å²) in [6.07, 6.45) is 0.816. The van der Waals surface area contributed by atoms with E-state index in [1.54, 1.807) is 12.1 Å². The molecular formula is C18H23NO4S. The molecular weight excluding hydrogens is 326 g/mol. The van der Waals surface area contributed by atoms with Crippen molar-refractivity contribution >= 4 is 10.1 Å². The molecule has 0 saturated carbocycles. The van der Waals surface area contributed by atoms with Crippen molar-refractivity contribution < 1.29 is 18.1 Å². The lowest BCUT2D eigenvalue weighted by Gasteiger charge is -2.14. The van der Waals surface area contributed by atoms with Crippen molar-refractivity contribution in [3.8, 4) is 0 Å². The van der Waals surface area contributed by atoms with Gasteiger partial charge in [0.15, 0.2) is 0 Å².